The van der Waals surface area contributed by atoms with E-state index >= 15 is 0 Å². The van der Waals surface area contributed by atoms with Crippen molar-refractivity contribution in [3.63, 3.8) is 0 Å². The Morgan fingerprint density at radius 2 is 2.05 bits per heavy atom. The molecule has 0 radical (unpaired) electrons. The standard InChI is InChI=1S/C19H29NO/c1-3-11-21-18-8-6-5-7-16(18)19(20-4-2)17-13-14-9-10-15(17)12-14/h5-8,14-15,17,19-20H,3-4,9-13H2,1-2H3. The maximum atomic E-state index is 6.01. The van der Waals surface area contributed by atoms with Gasteiger partial charge in [-0.25, -0.2) is 0 Å². The van der Waals surface area contributed by atoms with Crippen LogP contribution in [-0.2, 0) is 0 Å². The molecule has 0 aliphatic heterocycles. The molecular weight excluding hydrogens is 258 g/mol. The SMILES string of the molecule is CCCOc1ccccc1C(NCC)C1CC2CCC1C2. The fourth-order valence-electron chi connectivity index (χ4n) is 4.49. The highest BCUT2D eigenvalue weighted by Crippen LogP contribution is 2.53. The third-order valence-electron chi connectivity index (χ3n) is 5.36. The Labute approximate surface area is 129 Å². The number of para-hydroxylation sites is 1. The van der Waals surface area contributed by atoms with Crippen LogP contribution in [0.4, 0.5) is 0 Å². The molecule has 2 aliphatic carbocycles. The second kappa shape index (κ2) is 6.83. The van der Waals surface area contributed by atoms with Gasteiger partial charge in [0.2, 0.25) is 0 Å². The van der Waals surface area contributed by atoms with Gasteiger partial charge >= 0.3 is 0 Å². The van der Waals surface area contributed by atoms with Crippen molar-refractivity contribution >= 4 is 0 Å². The summed E-state index contributed by atoms with van der Waals surface area (Å²) in [6, 6.07) is 9.13. The van der Waals surface area contributed by atoms with Crippen LogP contribution in [0.1, 0.15) is 57.6 Å². The van der Waals surface area contributed by atoms with Crippen molar-refractivity contribution in [2.45, 2.75) is 52.0 Å². The zero-order valence-corrected chi connectivity index (χ0v) is 13.5. The molecule has 0 saturated heterocycles. The highest BCUT2D eigenvalue weighted by atomic mass is 16.5. The van der Waals surface area contributed by atoms with Gasteiger partial charge in [-0.05, 0) is 56.0 Å². The topological polar surface area (TPSA) is 21.3 Å². The van der Waals surface area contributed by atoms with Crippen LogP contribution in [-0.4, -0.2) is 13.2 Å². The molecule has 116 valence electrons. The summed E-state index contributed by atoms with van der Waals surface area (Å²) in [5, 5.41) is 3.76. The van der Waals surface area contributed by atoms with E-state index in [2.05, 4.69) is 43.4 Å². The van der Waals surface area contributed by atoms with E-state index in [1.54, 1.807) is 0 Å². The van der Waals surface area contributed by atoms with Crippen molar-refractivity contribution in [2.75, 3.05) is 13.2 Å². The number of benzene rings is 1. The number of nitrogens with one attached hydrogen (secondary N) is 1. The lowest BCUT2D eigenvalue weighted by atomic mass is 9.80. The Morgan fingerprint density at radius 1 is 1.19 bits per heavy atom. The van der Waals surface area contributed by atoms with Gasteiger partial charge in [0.1, 0.15) is 5.75 Å². The summed E-state index contributed by atoms with van der Waals surface area (Å²) in [7, 11) is 0. The minimum atomic E-state index is 0.471. The summed E-state index contributed by atoms with van der Waals surface area (Å²) in [4.78, 5) is 0. The van der Waals surface area contributed by atoms with Crippen LogP contribution in [0, 0.1) is 17.8 Å². The van der Waals surface area contributed by atoms with Gasteiger partial charge in [0, 0.05) is 11.6 Å². The molecule has 4 atom stereocenters. The highest BCUT2D eigenvalue weighted by molar-refractivity contribution is 5.37. The van der Waals surface area contributed by atoms with Crippen LogP contribution >= 0.6 is 0 Å². The molecule has 1 aromatic carbocycles. The minimum absolute atomic E-state index is 0.471. The molecule has 0 heterocycles. The van der Waals surface area contributed by atoms with E-state index in [0.717, 1.165) is 43.1 Å². The zero-order valence-electron chi connectivity index (χ0n) is 13.5. The molecular formula is C19H29NO. The largest absolute Gasteiger partial charge is 0.493 e. The third-order valence-corrected chi connectivity index (χ3v) is 5.36. The Bertz CT molecular complexity index is 459. The van der Waals surface area contributed by atoms with Gasteiger partial charge in [-0.2, -0.15) is 0 Å². The van der Waals surface area contributed by atoms with Gasteiger partial charge in [0.05, 0.1) is 6.61 Å². The zero-order chi connectivity index (χ0) is 14.7. The van der Waals surface area contributed by atoms with Crippen LogP contribution < -0.4 is 10.1 Å². The normalized spacial score (nSPS) is 28.8. The molecule has 2 aliphatic rings. The molecule has 21 heavy (non-hydrogen) atoms. The number of rotatable bonds is 7. The Balaban J connectivity index is 1.83. The summed E-state index contributed by atoms with van der Waals surface area (Å²) >= 11 is 0. The van der Waals surface area contributed by atoms with Crippen molar-refractivity contribution in [1.29, 1.82) is 0 Å². The first kappa shape index (κ1) is 14.9. The molecule has 2 heteroatoms. The maximum Gasteiger partial charge on any atom is 0.124 e. The van der Waals surface area contributed by atoms with E-state index in [4.69, 9.17) is 4.74 Å². The lowest BCUT2D eigenvalue weighted by Crippen LogP contribution is -2.31. The third kappa shape index (κ3) is 3.11. The molecule has 2 fully saturated rings. The van der Waals surface area contributed by atoms with Crippen LogP contribution in [0.2, 0.25) is 0 Å². The number of fused-ring (bicyclic) bond motifs is 2. The first-order chi connectivity index (χ1) is 10.3. The molecule has 0 spiro atoms. The second-order valence-corrected chi connectivity index (χ2v) is 6.76. The van der Waals surface area contributed by atoms with E-state index in [9.17, 15) is 0 Å². The quantitative estimate of drug-likeness (QED) is 0.793. The van der Waals surface area contributed by atoms with E-state index < -0.39 is 0 Å². The first-order valence-electron chi connectivity index (χ1n) is 8.78. The van der Waals surface area contributed by atoms with Crippen LogP contribution in [0.25, 0.3) is 0 Å². The lowest BCUT2D eigenvalue weighted by molar-refractivity contribution is 0.243. The molecule has 2 bridgehead atoms. The maximum absolute atomic E-state index is 6.01. The van der Waals surface area contributed by atoms with Gasteiger partial charge in [-0.1, -0.05) is 38.5 Å². The van der Waals surface area contributed by atoms with Crippen molar-refractivity contribution in [2.24, 2.45) is 17.8 Å². The average molecular weight is 287 g/mol. The smallest absolute Gasteiger partial charge is 0.124 e. The summed E-state index contributed by atoms with van der Waals surface area (Å²) in [6.07, 6.45) is 6.84. The van der Waals surface area contributed by atoms with Gasteiger partial charge in [0.25, 0.3) is 0 Å². The summed E-state index contributed by atoms with van der Waals surface area (Å²) < 4.78 is 6.01. The van der Waals surface area contributed by atoms with E-state index in [-0.39, 0.29) is 0 Å². The molecule has 0 amide bonds. The summed E-state index contributed by atoms with van der Waals surface area (Å²) in [5.41, 5.74) is 1.38. The van der Waals surface area contributed by atoms with Crippen molar-refractivity contribution in [3.8, 4) is 5.75 Å². The predicted octanol–water partition coefficient (Wildman–Crippen LogP) is 4.56. The van der Waals surface area contributed by atoms with Gasteiger partial charge in [-0.15, -0.1) is 0 Å². The van der Waals surface area contributed by atoms with E-state index in [1.807, 2.05) is 0 Å². The van der Waals surface area contributed by atoms with Crippen molar-refractivity contribution < 1.29 is 4.74 Å². The predicted molar refractivity (Wildman–Crippen MR) is 87.6 cm³/mol. The van der Waals surface area contributed by atoms with Gasteiger partial charge in [0.15, 0.2) is 0 Å². The monoisotopic (exact) mass is 287 g/mol. The summed E-state index contributed by atoms with van der Waals surface area (Å²) in [6.45, 7) is 6.23. The number of hydrogen-bond donors (Lipinski definition) is 1. The number of hydrogen-bond acceptors (Lipinski definition) is 2. The molecule has 3 rings (SSSR count). The highest BCUT2D eigenvalue weighted by Gasteiger charge is 2.43. The van der Waals surface area contributed by atoms with Crippen LogP contribution in [0.5, 0.6) is 5.75 Å². The van der Waals surface area contributed by atoms with Crippen LogP contribution in [0.3, 0.4) is 0 Å². The Kier molecular flexibility index (Phi) is 4.84. The van der Waals surface area contributed by atoms with E-state index in [1.165, 1.54) is 31.2 Å². The minimum Gasteiger partial charge on any atom is -0.493 e. The Hall–Kier alpha value is -1.02. The average Bonchev–Trinajstić information content (AvgIpc) is 3.14. The van der Waals surface area contributed by atoms with Crippen molar-refractivity contribution in [3.05, 3.63) is 29.8 Å². The first-order valence-corrected chi connectivity index (χ1v) is 8.78. The fourth-order valence-corrected chi connectivity index (χ4v) is 4.49. The molecule has 1 N–H and O–H groups in total. The fraction of sp³-hybridized carbons (Fsp3) is 0.684. The molecule has 4 unspecified atom stereocenters. The van der Waals surface area contributed by atoms with E-state index in [0.29, 0.717) is 6.04 Å². The number of ether oxygens (including phenoxy) is 1. The molecule has 0 aromatic heterocycles. The van der Waals surface area contributed by atoms with Gasteiger partial charge in [-0.3, -0.25) is 0 Å². The van der Waals surface area contributed by atoms with Gasteiger partial charge < -0.3 is 10.1 Å². The van der Waals surface area contributed by atoms with Crippen molar-refractivity contribution in [1.82, 2.24) is 5.32 Å². The van der Waals surface area contributed by atoms with Crippen LogP contribution in [0.15, 0.2) is 24.3 Å². The molecule has 1 aromatic rings. The summed E-state index contributed by atoms with van der Waals surface area (Å²) in [5.74, 6) is 3.81. The lowest BCUT2D eigenvalue weighted by Gasteiger charge is -2.32. The molecule has 2 nitrogen and oxygen atoms in total. The second-order valence-electron chi connectivity index (χ2n) is 6.76. The Morgan fingerprint density at radius 3 is 2.71 bits per heavy atom. The molecule has 2 saturated carbocycles.